The van der Waals surface area contributed by atoms with Gasteiger partial charge in [-0.25, -0.2) is 0 Å². The van der Waals surface area contributed by atoms with Crippen LogP contribution < -0.4 is 4.74 Å². The highest BCUT2D eigenvalue weighted by Gasteiger charge is 2.25. The van der Waals surface area contributed by atoms with Gasteiger partial charge in [0.05, 0.1) is 12.2 Å². The van der Waals surface area contributed by atoms with E-state index >= 15 is 0 Å². The maximum absolute atomic E-state index is 11.9. The summed E-state index contributed by atoms with van der Waals surface area (Å²) in [7, 11) is 0. The van der Waals surface area contributed by atoms with Gasteiger partial charge < -0.3 is 4.74 Å². The molecule has 78 valence electrons. The quantitative estimate of drug-likeness (QED) is 0.646. The van der Waals surface area contributed by atoms with E-state index in [1.54, 1.807) is 0 Å². The van der Waals surface area contributed by atoms with Crippen LogP contribution in [-0.2, 0) is 12.8 Å². The predicted molar refractivity (Wildman–Crippen MR) is 57.5 cm³/mol. The van der Waals surface area contributed by atoms with Crippen molar-refractivity contribution in [3.05, 3.63) is 28.8 Å². The topological polar surface area (TPSA) is 26.3 Å². The fraction of sp³-hybridized carbons (Fsp3) is 0.462. The minimum absolute atomic E-state index is 0.273. The Kier molecular flexibility index (Phi) is 2.01. The lowest BCUT2D eigenvalue weighted by Crippen LogP contribution is -2.19. The van der Waals surface area contributed by atoms with Gasteiger partial charge in [0, 0.05) is 6.42 Å². The lowest BCUT2D eigenvalue weighted by atomic mass is 9.85. The Bertz CT molecular complexity index is 421. The average molecular weight is 202 g/mol. The second-order valence-electron chi connectivity index (χ2n) is 4.31. The van der Waals surface area contributed by atoms with E-state index in [4.69, 9.17) is 4.74 Å². The van der Waals surface area contributed by atoms with Gasteiger partial charge in [-0.1, -0.05) is 6.07 Å². The average Bonchev–Trinajstić information content (AvgIpc) is 2.29. The number of carbonyl (C=O) groups is 1. The number of ketones is 1. The smallest absolute Gasteiger partial charge is 0.170 e. The first-order valence-corrected chi connectivity index (χ1v) is 5.67. The van der Waals surface area contributed by atoms with Crippen molar-refractivity contribution in [1.82, 2.24) is 0 Å². The lowest BCUT2D eigenvalue weighted by Gasteiger charge is -2.24. The molecule has 1 aromatic rings. The van der Waals surface area contributed by atoms with Crippen molar-refractivity contribution < 1.29 is 9.53 Å². The Morgan fingerprint density at radius 2 is 1.93 bits per heavy atom. The lowest BCUT2D eigenvalue weighted by molar-refractivity contribution is 0.0932. The zero-order valence-electron chi connectivity index (χ0n) is 8.71. The van der Waals surface area contributed by atoms with Crippen LogP contribution in [0.5, 0.6) is 5.75 Å². The summed E-state index contributed by atoms with van der Waals surface area (Å²) in [4.78, 5) is 11.9. The maximum Gasteiger partial charge on any atom is 0.170 e. The molecule has 1 aromatic carbocycles. The minimum atomic E-state index is 0.273. The third-order valence-corrected chi connectivity index (χ3v) is 3.36. The first-order chi connectivity index (χ1) is 7.36. The number of ether oxygens (including phenoxy) is 1. The summed E-state index contributed by atoms with van der Waals surface area (Å²) >= 11 is 0. The van der Waals surface area contributed by atoms with Crippen LogP contribution >= 0.6 is 0 Å². The number of benzene rings is 1. The monoisotopic (exact) mass is 202 g/mol. The second kappa shape index (κ2) is 3.37. The fourth-order valence-electron chi connectivity index (χ4n) is 2.61. The number of hydrogen-bond donors (Lipinski definition) is 0. The first kappa shape index (κ1) is 8.96. The molecular formula is C13H14O2. The van der Waals surface area contributed by atoms with Gasteiger partial charge in [-0.2, -0.15) is 0 Å². The normalized spacial score (nSPS) is 19.1. The van der Waals surface area contributed by atoms with Gasteiger partial charge >= 0.3 is 0 Å². The number of fused-ring (bicyclic) bond motifs is 3. The summed E-state index contributed by atoms with van der Waals surface area (Å²) in [6.45, 7) is 0.546. The van der Waals surface area contributed by atoms with Gasteiger partial charge in [0.2, 0.25) is 0 Å². The second-order valence-corrected chi connectivity index (χ2v) is 4.31. The van der Waals surface area contributed by atoms with E-state index in [1.807, 2.05) is 6.07 Å². The molecule has 2 nitrogen and oxygen atoms in total. The minimum Gasteiger partial charge on any atom is -0.492 e. The van der Waals surface area contributed by atoms with Crippen molar-refractivity contribution in [3.63, 3.8) is 0 Å². The molecule has 15 heavy (non-hydrogen) atoms. The van der Waals surface area contributed by atoms with Crippen molar-refractivity contribution in [2.24, 2.45) is 0 Å². The zero-order valence-corrected chi connectivity index (χ0v) is 8.71. The highest BCUT2D eigenvalue weighted by molar-refractivity contribution is 6.01. The van der Waals surface area contributed by atoms with Crippen LogP contribution in [0.1, 0.15) is 40.7 Å². The van der Waals surface area contributed by atoms with Gasteiger partial charge in [-0.05, 0) is 42.9 Å². The molecule has 0 bridgehead atoms. The highest BCUT2D eigenvalue weighted by Crippen LogP contribution is 2.34. The van der Waals surface area contributed by atoms with E-state index < -0.39 is 0 Å². The summed E-state index contributed by atoms with van der Waals surface area (Å²) in [6.07, 6.45) is 5.17. The van der Waals surface area contributed by atoms with Crippen LogP contribution in [-0.4, -0.2) is 12.4 Å². The Labute approximate surface area is 89.2 Å². The molecule has 2 heteroatoms. The van der Waals surface area contributed by atoms with Crippen LogP contribution in [0.3, 0.4) is 0 Å². The molecule has 1 aliphatic carbocycles. The zero-order chi connectivity index (χ0) is 10.3. The Morgan fingerprint density at radius 3 is 2.87 bits per heavy atom. The van der Waals surface area contributed by atoms with E-state index in [0.717, 1.165) is 24.2 Å². The predicted octanol–water partition coefficient (Wildman–Crippen LogP) is 2.53. The molecule has 0 N–H and O–H groups in total. The molecule has 1 aliphatic heterocycles. The van der Waals surface area contributed by atoms with Crippen molar-refractivity contribution in [2.45, 2.75) is 32.1 Å². The number of hydrogen-bond acceptors (Lipinski definition) is 2. The van der Waals surface area contributed by atoms with Crippen molar-refractivity contribution in [3.8, 4) is 5.75 Å². The molecule has 0 atom stereocenters. The molecule has 2 aliphatic rings. The molecule has 0 radical (unpaired) electrons. The summed E-state index contributed by atoms with van der Waals surface area (Å²) < 4.78 is 5.54. The molecule has 0 spiro atoms. The molecule has 0 aromatic heterocycles. The number of aryl methyl sites for hydroxylation is 1. The Balaban J connectivity index is 2.19. The number of Topliss-reactive ketones (excluding diaryl/α,β-unsaturated/α-hetero) is 1. The maximum atomic E-state index is 11.9. The van der Waals surface area contributed by atoms with Crippen LogP contribution in [0.15, 0.2) is 12.1 Å². The highest BCUT2D eigenvalue weighted by atomic mass is 16.5. The van der Waals surface area contributed by atoms with Gasteiger partial charge in [-0.3, -0.25) is 4.79 Å². The summed E-state index contributed by atoms with van der Waals surface area (Å²) in [5.41, 5.74) is 3.51. The van der Waals surface area contributed by atoms with Crippen LogP contribution in [0, 0.1) is 0 Å². The van der Waals surface area contributed by atoms with E-state index in [9.17, 15) is 4.79 Å². The Morgan fingerprint density at radius 1 is 1.07 bits per heavy atom. The van der Waals surface area contributed by atoms with Gasteiger partial charge in [0.15, 0.2) is 5.78 Å². The molecule has 3 rings (SSSR count). The van der Waals surface area contributed by atoms with Gasteiger partial charge in [0.1, 0.15) is 5.75 Å². The molecule has 1 heterocycles. The number of carbonyl (C=O) groups excluding carboxylic acids is 1. The summed E-state index contributed by atoms with van der Waals surface area (Å²) in [5.74, 6) is 1.09. The van der Waals surface area contributed by atoms with Crippen molar-refractivity contribution in [2.75, 3.05) is 6.61 Å². The molecular weight excluding hydrogens is 188 g/mol. The standard InChI is InChI=1S/C13H14O2/c14-11-7-8-15-12-6-5-9-3-1-2-4-10(9)13(11)12/h5-6H,1-4,7-8H2. The van der Waals surface area contributed by atoms with Crippen LogP contribution in [0.25, 0.3) is 0 Å². The Hall–Kier alpha value is -1.31. The van der Waals surface area contributed by atoms with E-state index in [0.29, 0.717) is 13.0 Å². The third kappa shape index (κ3) is 1.36. The van der Waals surface area contributed by atoms with E-state index in [-0.39, 0.29) is 5.78 Å². The molecule has 0 amide bonds. The fourth-order valence-corrected chi connectivity index (χ4v) is 2.61. The number of rotatable bonds is 0. The van der Waals surface area contributed by atoms with Crippen molar-refractivity contribution in [1.29, 1.82) is 0 Å². The van der Waals surface area contributed by atoms with Gasteiger partial charge in [-0.15, -0.1) is 0 Å². The molecule has 0 unspecified atom stereocenters. The van der Waals surface area contributed by atoms with Crippen molar-refractivity contribution >= 4 is 5.78 Å². The van der Waals surface area contributed by atoms with Crippen LogP contribution in [0.2, 0.25) is 0 Å². The molecule has 0 saturated carbocycles. The van der Waals surface area contributed by atoms with Crippen LogP contribution in [0.4, 0.5) is 0 Å². The molecule has 0 saturated heterocycles. The summed E-state index contributed by atoms with van der Waals surface area (Å²) in [5, 5.41) is 0. The molecule has 0 fully saturated rings. The largest absolute Gasteiger partial charge is 0.492 e. The van der Waals surface area contributed by atoms with Gasteiger partial charge in [0.25, 0.3) is 0 Å². The SMILES string of the molecule is O=C1CCOc2ccc3c(c21)CCCC3. The summed E-state index contributed by atoms with van der Waals surface area (Å²) in [6, 6.07) is 4.10. The van der Waals surface area contributed by atoms with E-state index in [1.165, 1.54) is 24.0 Å². The third-order valence-electron chi connectivity index (χ3n) is 3.36. The first-order valence-electron chi connectivity index (χ1n) is 5.67. The van der Waals surface area contributed by atoms with E-state index in [2.05, 4.69) is 6.07 Å².